The second-order valence-electron chi connectivity index (χ2n) is 6.32. The average molecular weight is 384 g/mol. The number of rotatable bonds is 8. The number of nitrogens with zero attached hydrogens (tertiary/aromatic N) is 2. The molecule has 0 aliphatic rings. The van der Waals surface area contributed by atoms with Gasteiger partial charge in [-0.25, -0.2) is 14.8 Å². The van der Waals surface area contributed by atoms with E-state index in [4.69, 9.17) is 5.11 Å². The summed E-state index contributed by atoms with van der Waals surface area (Å²) in [5, 5.41) is 11.8. The molecule has 146 valence electrons. The topological polar surface area (TPSA) is 108 Å². The number of hydrogen-bond donors (Lipinski definition) is 3. The molecule has 2 aromatic heterocycles. The number of carbonyl (C=O) groups is 2. The number of alkyl halides is 3. The van der Waals surface area contributed by atoms with Crippen molar-refractivity contribution in [3.63, 3.8) is 0 Å². The molecule has 7 nitrogen and oxygen atoms in total. The van der Waals surface area contributed by atoms with Crippen molar-refractivity contribution in [2.24, 2.45) is 5.92 Å². The number of aromatic nitrogens is 3. The fourth-order valence-electron chi connectivity index (χ4n) is 2.42. The molecule has 0 saturated heterocycles. The summed E-state index contributed by atoms with van der Waals surface area (Å²) in [6.45, 7) is 3.44. The van der Waals surface area contributed by atoms with E-state index in [2.05, 4.69) is 20.3 Å². The van der Waals surface area contributed by atoms with Crippen LogP contribution >= 0.6 is 0 Å². The number of nitrogens with one attached hydrogen (secondary N) is 2. The van der Waals surface area contributed by atoms with Crippen LogP contribution < -0.4 is 5.32 Å². The molecule has 0 saturated carbocycles. The zero-order valence-electron chi connectivity index (χ0n) is 14.7. The first kappa shape index (κ1) is 20.4. The first-order valence-corrected chi connectivity index (χ1v) is 8.18. The summed E-state index contributed by atoms with van der Waals surface area (Å²) in [5.41, 5.74) is 0.398. The molecular formula is C17H19F3N4O3. The number of aromatic carboxylic acids is 1. The van der Waals surface area contributed by atoms with Crippen LogP contribution in [0.5, 0.6) is 0 Å². The zero-order valence-corrected chi connectivity index (χ0v) is 14.7. The third-order valence-electron chi connectivity index (χ3n) is 3.80. The highest BCUT2D eigenvalue weighted by Crippen LogP contribution is 2.24. The highest BCUT2D eigenvalue weighted by atomic mass is 19.4. The van der Waals surface area contributed by atoms with Crippen LogP contribution in [0.3, 0.4) is 0 Å². The molecule has 0 radical (unpaired) electrons. The Balaban J connectivity index is 2.16. The van der Waals surface area contributed by atoms with Gasteiger partial charge >= 0.3 is 12.1 Å². The standard InChI is InChI=1S/C17H19F3N4O3/c1-9(2)14(12(25)3-5-17(18,19)20)23-13-4-6-21-15(24-13)10-7-11(16(26)27)22-8-10/h4,6-9,14,22H,3,5H2,1-2H3,(H,26,27)(H,21,23,24)/t14-/m1/s1. The van der Waals surface area contributed by atoms with Crippen molar-refractivity contribution in [1.29, 1.82) is 0 Å². The van der Waals surface area contributed by atoms with Crippen LogP contribution in [0.1, 0.15) is 37.2 Å². The lowest BCUT2D eigenvalue weighted by molar-refractivity contribution is -0.143. The minimum atomic E-state index is -4.39. The van der Waals surface area contributed by atoms with E-state index in [1.54, 1.807) is 13.8 Å². The molecule has 0 amide bonds. The van der Waals surface area contributed by atoms with E-state index >= 15 is 0 Å². The fourth-order valence-corrected chi connectivity index (χ4v) is 2.42. The number of carbonyl (C=O) groups excluding carboxylic acids is 1. The molecule has 10 heteroatoms. The highest BCUT2D eigenvalue weighted by Gasteiger charge is 2.31. The summed E-state index contributed by atoms with van der Waals surface area (Å²) in [4.78, 5) is 34.0. The van der Waals surface area contributed by atoms with Crippen LogP contribution in [0.25, 0.3) is 11.4 Å². The molecule has 0 aliphatic carbocycles. The Bertz CT molecular complexity index is 818. The van der Waals surface area contributed by atoms with Crippen molar-refractivity contribution in [3.8, 4) is 11.4 Å². The molecule has 0 aromatic carbocycles. The number of halogens is 3. The maximum absolute atomic E-state index is 12.4. The molecule has 1 atom stereocenters. The summed E-state index contributed by atoms with van der Waals surface area (Å²) in [6, 6.07) is 2.01. The molecule has 2 heterocycles. The van der Waals surface area contributed by atoms with Gasteiger partial charge in [0.2, 0.25) is 0 Å². The van der Waals surface area contributed by atoms with Crippen LogP contribution in [0.4, 0.5) is 19.0 Å². The number of carboxylic acid groups (broad SMARTS) is 1. The molecule has 3 N–H and O–H groups in total. The molecular weight excluding hydrogens is 365 g/mol. The summed E-state index contributed by atoms with van der Waals surface area (Å²) in [5.74, 6) is -1.47. The third kappa shape index (κ3) is 5.80. The van der Waals surface area contributed by atoms with Gasteiger partial charge in [-0.1, -0.05) is 13.8 Å². The van der Waals surface area contributed by atoms with Gasteiger partial charge in [0, 0.05) is 24.4 Å². The van der Waals surface area contributed by atoms with Crippen molar-refractivity contribution >= 4 is 17.6 Å². The number of Topliss-reactive ketones (excluding diaryl/α,β-unsaturated/α-hetero) is 1. The quantitative estimate of drug-likeness (QED) is 0.643. The Labute approximate surface area is 153 Å². The summed E-state index contributed by atoms with van der Waals surface area (Å²) in [6.07, 6.45) is -3.34. The second kappa shape index (κ2) is 8.19. The fraction of sp³-hybridized carbons (Fsp3) is 0.412. The number of ketones is 1. The number of anilines is 1. The van der Waals surface area contributed by atoms with Gasteiger partial charge in [0.15, 0.2) is 11.6 Å². The van der Waals surface area contributed by atoms with Crippen LogP contribution in [0.2, 0.25) is 0 Å². The third-order valence-corrected chi connectivity index (χ3v) is 3.80. The van der Waals surface area contributed by atoms with E-state index < -0.39 is 36.8 Å². The zero-order chi connectivity index (χ0) is 20.2. The second-order valence-corrected chi connectivity index (χ2v) is 6.32. The highest BCUT2D eigenvalue weighted by molar-refractivity contribution is 5.88. The molecule has 0 spiro atoms. The number of H-pyrrole nitrogens is 1. The Hall–Kier alpha value is -2.91. The lowest BCUT2D eigenvalue weighted by Gasteiger charge is -2.22. The molecule has 0 bridgehead atoms. The summed E-state index contributed by atoms with van der Waals surface area (Å²) in [7, 11) is 0. The van der Waals surface area contributed by atoms with Crippen molar-refractivity contribution < 1.29 is 27.9 Å². The van der Waals surface area contributed by atoms with E-state index in [1.165, 1.54) is 24.5 Å². The minimum Gasteiger partial charge on any atom is -0.477 e. The van der Waals surface area contributed by atoms with Gasteiger partial charge in [-0.2, -0.15) is 13.2 Å². The number of hydrogen-bond acceptors (Lipinski definition) is 5. The summed E-state index contributed by atoms with van der Waals surface area (Å²) < 4.78 is 37.1. The minimum absolute atomic E-state index is 0.0330. The molecule has 2 aromatic rings. The Morgan fingerprint density at radius 3 is 2.59 bits per heavy atom. The van der Waals surface area contributed by atoms with E-state index in [0.717, 1.165) is 0 Å². The van der Waals surface area contributed by atoms with Crippen LogP contribution in [-0.2, 0) is 4.79 Å². The van der Waals surface area contributed by atoms with Crippen molar-refractivity contribution in [3.05, 3.63) is 30.2 Å². The molecule has 0 unspecified atom stereocenters. The Kier molecular flexibility index (Phi) is 6.19. The number of aromatic amines is 1. The Morgan fingerprint density at radius 2 is 2.04 bits per heavy atom. The Morgan fingerprint density at radius 1 is 1.33 bits per heavy atom. The lowest BCUT2D eigenvalue weighted by atomic mass is 9.97. The largest absolute Gasteiger partial charge is 0.477 e. The predicted molar refractivity (Wildman–Crippen MR) is 91.3 cm³/mol. The average Bonchev–Trinajstić information content (AvgIpc) is 3.07. The SMILES string of the molecule is CC(C)[C@@H](Nc1ccnc(-c2c[nH]c(C(=O)O)c2)n1)C(=O)CCC(F)(F)F. The summed E-state index contributed by atoms with van der Waals surface area (Å²) >= 11 is 0. The smallest absolute Gasteiger partial charge is 0.389 e. The van der Waals surface area contributed by atoms with Gasteiger partial charge in [0.1, 0.15) is 11.5 Å². The molecule has 0 aliphatic heterocycles. The molecule has 2 rings (SSSR count). The number of carboxylic acids is 1. The van der Waals surface area contributed by atoms with Gasteiger partial charge in [-0.05, 0) is 18.1 Å². The maximum Gasteiger partial charge on any atom is 0.389 e. The first-order chi connectivity index (χ1) is 12.6. The van der Waals surface area contributed by atoms with Gasteiger partial charge in [0.25, 0.3) is 0 Å². The lowest BCUT2D eigenvalue weighted by Crippen LogP contribution is -2.35. The molecule has 27 heavy (non-hydrogen) atoms. The van der Waals surface area contributed by atoms with Gasteiger partial charge < -0.3 is 15.4 Å². The van der Waals surface area contributed by atoms with Crippen LogP contribution in [0.15, 0.2) is 24.5 Å². The van der Waals surface area contributed by atoms with Gasteiger partial charge in [-0.3, -0.25) is 4.79 Å². The van der Waals surface area contributed by atoms with E-state index in [9.17, 15) is 22.8 Å². The van der Waals surface area contributed by atoms with E-state index in [-0.39, 0.29) is 23.3 Å². The normalized spacial score (nSPS) is 12.8. The predicted octanol–water partition coefficient (Wildman–Crippen LogP) is 3.52. The molecule has 0 fully saturated rings. The van der Waals surface area contributed by atoms with Crippen LogP contribution in [-0.4, -0.2) is 44.0 Å². The monoisotopic (exact) mass is 384 g/mol. The van der Waals surface area contributed by atoms with Crippen molar-refractivity contribution in [2.75, 3.05) is 5.32 Å². The van der Waals surface area contributed by atoms with Gasteiger partial charge in [0.05, 0.1) is 12.5 Å². The van der Waals surface area contributed by atoms with Crippen molar-refractivity contribution in [1.82, 2.24) is 15.0 Å². The van der Waals surface area contributed by atoms with Gasteiger partial charge in [-0.15, -0.1) is 0 Å². The van der Waals surface area contributed by atoms with Crippen molar-refractivity contribution in [2.45, 2.75) is 38.9 Å². The maximum atomic E-state index is 12.4. The first-order valence-electron chi connectivity index (χ1n) is 8.18. The van der Waals surface area contributed by atoms with Crippen LogP contribution in [0, 0.1) is 5.92 Å². The van der Waals surface area contributed by atoms with E-state index in [0.29, 0.717) is 5.56 Å². The van der Waals surface area contributed by atoms with E-state index in [1.807, 2.05) is 0 Å².